The van der Waals surface area contributed by atoms with Crippen LogP contribution in [-0.4, -0.2) is 19.0 Å². The Morgan fingerprint density at radius 3 is 2.53 bits per heavy atom. The fraction of sp³-hybridized carbons (Fsp3) is 0.500. The summed E-state index contributed by atoms with van der Waals surface area (Å²) in [7, 11) is 0. The van der Waals surface area contributed by atoms with Gasteiger partial charge in [-0.15, -0.1) is 0 Å². The van der Waals surface area contributed by atoms with Gasteiger partial charge in [0.1, 0.15) is 0 Å². The highest BCUT2D eigenvalue weighted by atomic mass is 16.1. The summed E-state index contributed by atoms with van der Waals surface area (Å²) < 4.78 is 0. The molecule has 3 N–H and O–H groups in total. The lowest BCUT2D eigenvalue weighted by molar-refractivity contribution is 0.0953. The van der Waals surface area contributed by atoms with Gasteiger partial charge in [0.15, 0.2) is 0 Å². The van der Waals surface area contributed by atoms with E-state index in [9.17, 15) is 4.79 Å². The number of unbranched alkanes of at least 4 members (excludes halogenated alkanes) is 1. The molecule has 1 amide bonds. The highest BCUT2D eigenvalue weighted by molar-refractivity contribution is 5.94. The van der Waals surface area contributed by atoms with Crippen molar-refractivity contribution < 1.29 is 4.79 Å². The van der Waals surface area contributed by atoms with Gasteiger partial charge in [-0.2, -0.15) is 0 Å². The molecular weight excluding hydrogens is 212 g/mol. The van der Waals surface area contributed by atoms with Crippen LogP contribution in [-0.2, 0) is 6.42 Å². The Hall–Kier alpha value is -1.35. The molecule has 0 unspecified atom stereocenters. The number of carbonyl (C=O) groups excluding carboxylic acids is 1. The van der Waals surface area contributed by atoms with Crippen LogP contribution in [0.15, 0.2) is 24.3 Å². The van der Waals surface area contributed by atoms with Crippen LogP contribution in [0.5, 0.6) is 0 Å². The average molecular weight is 234 g/mol. The van der Waals surface area contributed by atoms with E-state index in [0.717, 1.165) is 31.2 Å². The summed E-state index contributed by atoms with van der Waals surface area (Å²) in [4.78, 5) is 11.7. The quantitative estimate of drug-likeness (QED) is 0.710. The van der Waals surface area contributed by atoms with Gasteiger partial charge in [0, 0.05) is 12.1 Å². The summed E-state index contributed by atoms with van der Waals surface area (Å²) in [6, 6.07) is 7.84. The minimum Gasteiger partial charge on any atom is -0.352 e. The largest absolute Gasteiger partial charge is 0.352 e. The topological polar surface area (TPSA) is 55.1 Å². The maximum absolute atomic E-state index is 11.7. The van der Waals surface area contributed by atoms with Crippen molar-refractivity contribution in [1.82, 2.24) is 5.32 Å². The van der Waals surface area contributed by atoms with Crippen molar-refractivity contribution in [2.24, 2.45) is 5.73 Å². The lowest BCUT2D eigenvalue weighted by Gasteiger charge is -2.05. The fourth-order valence-corrected chi connectivity index (χ4v) is 1.68. The second-order valence-electron chi connectivity index (χ2n) is 4.20. The molecule has 0 spiro atoms. The third kappa shape index (κ3) is 5.00. The van der Waals surface area contributed by atoms with Gasteiger partial charge in [0.05, 0.1) is 0 Å². The summed E-state index contributed by atoms with van der Waals surface area (Å²) >= 11 is 0. The first kappa shape index (κ1) is 13.7. The first-order valence-electron chi connectivity index (χ1n) is 6.35. The standard InChI is InChI=1S/C14H22N2O/c1-2-5-12-6-8-13(9-7-12)14(17)16-11-4-3-10-15/h6-9H,2-5,10-11,15H2,1H3,(H,16,17). The van der Waals surface area contributed by atoms with Crippen molar-refractivity contribution in [3.05, 3.63) is 35.4 Å². The Morgan fingerprint density at radius 2 is 1.94 bits per heavy atom. The molecular formula is C14H22N2O. The van der Waals surface area contributed by atoms with E-state index in [1.807, 2.05) is 24.3 Å². The van der Waals surface area contributed by atoms with Crippen LogP contribution in [0.2, 0.25) is 0 Å². The predicted octanol–water partition coefficient (Wildman–Crippen LogP) is 2.11. The number of carbonyl (C=O) groups is 1. The van der Waals surface area contributed by atoms with E-state index < -0.39 is 0 Å². The van der Waals surface area contributed by atoms with E-state index >= 15 is 0 Å². The van der Waals surface area contributed by atoms with Crippen LogP contribution in [0.25, 0.3) is 0 Å². The maximum atomic E-state index is 11.7. The van der Waals surface area contributed by atoms with E-state index in [2.05, 4.69) is 12.2 Å². The molecule has 0 bridgehead atoms. The molecule has 0 heterocycles. The Labute approximate surface area is 103 Å². The molecule has 0 radical (unpaired) electrons. The van der Waals surface area contributed by atoms with Crippen LogP contribution >= 0.6 is 0 Å². The number of benzene rings is 1. The molecule has 0 atom stereocenters. The lowest BCUT2D eigenvalue weighted by Crippen LogP contribution is -2.24. The molecule has 17 heavy (non-hydrogen) atoms. The molecule has 0 aromatic heterocycles. The van der Waals surface area contributed by atoms with Crippen molar-refractivity contribution in [2.75, 3.05) is 13.1 Å². The van der Waals surface area contributed by atoms with Gasteiger partial charge in [0.2, 0.25) is 0 Å². The minimum atomic E-state index is 0.00469. The van der Waals surface area contributed by atoms with Crippen molar-refractivity contribution in [1.29, 1.82) is 0 Å². The summed E-state index contributed by atoms with van der Waals surface area (Å²) in [5, 5.41) is 2.89. The van der Waals surface area contributed by atoms with Crippen LogP contribution in [0.3, 0.4) is 0 Å². The van der Waals surface area contributed by atoms with Gasteiger partial charge in [0.25, 0.3) is 5.91 Å². The van der Waals surface area contributed by atoms with E-state index in [0.29, 0.717) is 13.1 Å². The third-order valence-corrected chi connectivity index (χ3v) is 2.67. The molecule has 3 nitrogen and oxygen atoms in total. The highest BCUT2D eigenvalue weighted by Gasteiger charge is 2.03. The molecule has 1 aromatic carbocycles. The number of nitrogens with one attached hydrogen (secondary N) is 1. The average Bonchev–Trinajstić information content (AvgIpc) is 2.36. The predicted molar refractivity (Wildman–Crippen MR) is 71.1 cm³/mol. The minimum absolute atomic E-state index is 0.00469. The Morgan fingerprint density at radius 1 is 1.24 bits per heavy atom. The molecule has 0 fully saturated rings. The molecule has 0 saturated carbocycles. The van der Waals surface area contributed by atoms with Gasteiger partial charge in [-0.25, -0.2) is 0 Å². The number of hydrogen-bond acceptors (Lipinski definition) is 2. The van der Waals surface area contributed by atoms with Gasteiger partial charge in [-0.05, 0) is 43.5 Å². The number of aryl methyl sites for hydroxylation is 1. The second kappa shape index (κ2) is 7.85. The van der Waals surface area contributed by atoms with Gasteiger partial charge < -0.3 is 11.1 Å². The summed E-state index contributed by atoms with van der Waals surface area (Å²) in [5.74, 6) is 0.00469. The molecule has 0 aliphatic rings. The van der Waals surface area contributed by atoms with Gasteiger partial charge in [-0.3, -0.25) is 4.79 Å². The molecule has 1 aromatic rings. The summed E-state index contributed by atoms with van der Waals surface area (Å²) in [5.41, 5.74) is 7.41. The van der Waals surface area contributed by atoms with Crippen LogP contribution < -0.4 is 11.1 Å². The zero-order valence-corrected chi connectivity index (χ0v) is 10.5. The van der Waals surface area contributed by atoms with Crippen LogP contribution in [0.1, 0.15) is 42.1 Å². The lowest BCUT2D eigenvalue weighted by atomic mass is 10.1. The summed E-state index contributed by atoms with van der Waals surface area (Å²) in [6.07, 6.45) is 4.09. The van der Waals surface area contributed by atoms with E-state index in [1.54, 1.807) is 0 Å². The molecule has 1 rings (SSSR count). The Balaban J connectivity index is 2.40. The maximum Gasteiger partial charge on any atom is 0.251 e. The number of rotatable bonds is 7. The highest BCUT2D eigenvalue weighted by Crippen LogP contribution is 2.06. The second-order valence-corrected chi connectivity index (χ2v) is 4.20. The molecule has 94 valence electrons. The number of hydrogen-bond donors (Lipinski definition) is 2. The monoisotopic (exact) mass is 234 g/mol. The summed E-state index contributed by atoms with van der Waals surface area (Å²) in [6.45, 7) is 3.53. The van der Waals surface area contributed by atoms with Crippen LogP contribution in [0, 0.1) is 0 Å². The fourth-order valence-electron chi connectivity index (χ4n) is 1.68. The molecule has 0 saturated heterocycles. The molecule has 0 aliphatic heterocycles. The first-order valence-corrected chi connectivity index (χ1v) is 6.35. The molecule has 0 aliphatic carbocycles. The van der Waals surface area contributed by atoms with Crippen molar-refractivity contribution in [2.45, 2.75) is 32.6 Å². The Kier molecular flexibility index (Phi) is 6.33. The smallest absolute Gasteiger partial charge is 0.251 e. The zero-order valence-electron chi connectivity index (χ0n) is 10.5. The van der Waals surface area contributed by atoms with Crippen molar-refractivity contribution in [3.8, 4) is 0 Å². The molecule has 3 heteroatoms. The Bertz CT molecular complexity index is 333. The van der Waals surface area contributed by atoms with Gasteiger partial charge >= 0.3 is 0 Å². The van der Waals surface area contributed by atoms with Crippen molar-refractivity contribution in [3.63, 3.8) is 0 Å². The number of amides is 1. The van der Waals surface area contributed by atoms with Crippen LogP contribution in [0.4, 0.5) is 0 Å². The van der Waals surface area contributed by atoms with E-state index in [-0.39, 0.29) is 5.91 Å². The first-order chi connectivity index (χ1) is 8.27. The zero-order chi connectivity index (χ0) is 12.5. The van der Waals surface area contributed by atoms with Gasteiger partial charge in [-0.1, -0.05) is 25.5 Å². The SMILES string of the molecule is CCCc1ccc(C(=O)NCCCCN)cc1. The normalized spacial score (nSPS) is 10.2. The van der Waals surface area contributed by atoms with E-state index in [1.165, 1.54) is 5.56 Å². The van der Waals surface area contributed by atoms with E-state index in [4.69, 9.17) is 5.73 Å². The number of nitrogens with two attached hydrogens (primary N) is 1. The third-order valence-electron chi connectivity index (χ3n) is 2.67. The van der Waals surface area contributed by atoms with Crippen molar-refractivity contribution >= 4 is 5.91 Å².